The Morgan fingerprint density at radius 1 is 1.20 bits per heavy atom. The predicted octanol–water partition coefficient (Wildman–Crippen LogP) is 3.59. The van der Waals surface area contributed by atoms with Gasteiger partial charge in [-0.3, -0.25) is 4.90 Å². The van der Waals surface area contributed by atoms with Crippen LogP contribution in [0.15, 0.2) is 24.4 Å². The minimum Gasteiger partial charge on any atom is -0.379 e. The van der Waals surface area contributed by atoms with Crippen LogP contribution in [0.1, 0.15) is 31.9 Å². The van der Waals surface area contributed by atoms with Crippen LogP contribution in [0.4, 0.5) is 0 Å². The number of hydrogen-bond donors (Lipinski definition) is 1. The third-order valence-electron chi connectivity index (χ3n) is 3.74. The number of aryl methyl sites for hydroxylation is 1. The summed E-state index contributed by atoms with van der Waals surface area (Å²) in [6, 6.07) is 6.75. The standard InChI is InChI=1S/C15H20N2O.C2H6/c1-2-12-3-4-14-13(10-16-15(14)9-12)11-17-5-7-18-8-6-17;1-2/h3-4,9-10,16H,2,5-8,11H2,1H3;1-2H3. The molecule has 0 spiro atoms. The third-order valence-corrected chi connectivity index (χ3v) is 3.74. The van der Waals surface area contributed by atoms with Gasteiger partial charge in [0, 0.05) is 36.7 Å². The summed E-state index contributed by atoms with van der Waals surface area (Å²) < 4.78 is 5.39. The zero-order chi connectivity index (χ0) is 14.4. The summed E-state index contributed by atoms with van der Waals surface area (Å²) in [5, 5.41) is 1.36. The highest BCUT2D eigenvalue weighted by Gasteiger charge is 2.13. The van der Waals surface area contributed by atoms with E-state index in [2.05, 4.69) is 41.2 Å². The molecule has 110 valence electrons. The second kappa shape index (κ2) is 7.46. The summed E-state index contributed by atoms with van der Waals surface area (Å²) in [6.45, 7) is 11.0. The number of H-pyrrole nitrogens is 1. The van der Waals surface area contributed by atoms with Gasteiger partial charge in [0.1, 0.15) is 0 Å². The molecule has 1 saturated heterocycles. The van der Waals surface area contributed by atoms with Crippen LogP contribution in [0.5, 0.6) is 0 Å². The van der Waals surface area contributed by atoms with Crippen LogP contribution >= 0.6 is 0 Å². The largest absolute Gasteiger partial charge is 0.379 e. The lowest BCUT2D eigenvalue weighted by molar-refractivity contribution is 0.0343. The minimum atomic E-state index is 0.863. The summed E-state index contributed by atoms with van der Waals surface area (Å²) in [5.41, 5.74) is 4.05. The lowest BCUT2D eigenvalue weighted by Gasteiger charge is -2.26. The maximum Gasteiger partial charge on any atom is 0.0594 e. The Morgan fingerprint density at radius 2 is 1.95 bits per heavy atom. The monoisotopic (exact) mass is 274 g/mol. The first-order valence-corrected chi connectivity index (χ1v) is 7.76. The molecule has 1 aliphatic rings. The van der Waals surface area contributed by atoms with E-state index < -0.39 is 0 Å². The molecule has 0 unspecified atom stereocenters. The summed E-state index contributed by atoms with van der Waals surface area (Å²) in [7, 11) is 0. The quantitative estimate of drug-likeness (QED) is 0.926. The molecule has 1 aliphatic heterocycles. The molecule has 0 amide bonds. The normalized spacial score (nSPS) is 15.9. The summed E-state index contributed by atoms with van der Waals surface area (Å²) >= 11 is 0. The number of hydrogen-bond acceptors (Lipinski definition) is 2. The Hall–Kier alpha value is -1.32. The number of rotatable bonds is 3. The zero-order valence-corrected chi connectivity index (χ0v) is 12.9. The molecule has 3 heteroatoms. The molecule has 2 aromatic rings. The molecule has 0 aliphatic carbocycles. The van der Waals surface area contributed by atoms with Gasteiger partial charge in [-0.05, 0) is 23.6 Å². The Balaban J connectivity index is 0.000000704. The van der Waals surface area contributed by atoms with Crippen LogP contribution in [0.25, 0.3) is 10.9 Å². The first-order chi connectivity index (χ1) is 9.86. The van der Waals surface area contributed by atoms with Crippen molar-refractivity contribution >= 4 is 10.9 Å². The molecule has 0 saturated carbocycles. The number of morpholine rings is 1. The number of ether oxygens (including phenoxy) is 1. The van der Waals surface area contributed by atoms with Gasteiger partial charge in [0.05, 0.1) is 13.2 Å². The van der Waals surface area contributed by atoms with E-state index >= 15 is 0 Å². The van der Waals surface area contributed by atoms with E-state index in [1.807, 2.05) is 13.8 Å². The molecule has 1 aromatic carbocycles. The third kappa shape index (κ3) is 3.41. The highest BCUT2D eigenvalue weighted by Crippen LogP contribution is 2.21. The van der Waals surface area contributed by atoms with Gasteiger partial charge in [0.25, 0.3) is 0 Å². The molecular weight excluding hydrogens is 248 g/mol. The van der Waals surface area contributed by atoms with Crippen LogP contribution in [0, 0.1) is 0 Å². The molecular formula is C17H26N2O. The second-order valence-electron chi connectivity index (χ2n) is 4.94. The molecule has 20 heavy (non-hydrogen) atoms. The van der Waals surface area contributed by atoms with E-state index in [1.54, 1.807) is 0 Å². The van der Waals surface area contributed by atoms with Crippen LogP contribution in [-0.2, 0) is 17.7 Å². The van der Waals surface area contributed by atoms with E-state index in [0.29, 0.717) is 0 Å². The summed E-state index contributed by atoms with van der Waals surface area (Å²) in [6.07, 6.45) is 3.24. The van der Waals surface area contributed by atoms with Gasteiger partial charge >= 0.3 is 0 Å². The number of aromatic nitrogens is 1. The SMILES string of the molecule is CC.CCc1ccc2c(CN3CCOCC3)c[nH]c2c1. The van der Waals surface area contributed by atoms with E-state index in [1.165, 1.54) is 22.0 Å². The van der Waals surface area contributed by atoms with Crippen LogP contribution in [0.3, 0.4) is 0 Å². The number of benzene rings is 1. The van der Waals surface area contributed by atoms with Crippen LogP contribution < -0.4 is 0 Å². The molecule has 1 fully saturated rings. The Morgan fingerprint density at radius 3 is 2.65 bits per heavy atom. The van der Waals surface area contributed by atoms with Gasteiger partial charge in [-0.25, -0.2) is 0 Å². The second-order valence-corrected chi connectivity index (χ2v) is 4.94. The average Bonchev–Trinajstić information content (AvgIpc) is 2.92. The van der Waals surface area contributed by atoms with Gasteiger partial charge in [0.15, 0.2) is 0 Å². The molecule has 3 rings (SSSR count). The molecule has 1 N–H and O–H groups in total. The highest BCUT2D eigenvalue weighted by molar-refractivity contribution is 5.83. The number of aromatic amines is 1. The predicted molar refractivity (Wildman–Crippen MR) is 85.1 cm³/mol. The number of fused-ring (bicyclic) bond motifs is 1. The summed E-state index contributed by atoms with van der Waals surface area (Å²) in [4.78, 5) is 5.85. The Bertz CT molecular complexity index is 527. The van der Waals surface area contributed by atoms with Crippen molar-refractivity contribution < 1.29 is 4.74 Å². The van der Waals surface area contributed by atoms with Crippen molar-refractivity contribution in [3.8, 4) is 0 Å². The average molecular weight is 274 g/mol. The van der Waals surface area contributed by atoms with Crippen LogP contribution in [-0.4, -0.2) is 36.2 Å². The van der Waals surface area contributed by atoms with E-state index in [0.717, 1.165) is 39.3 Å². The maximum atomic E-state index is 5.39. The smallest absolute Gasteiger partial charge is 0.0594 e. The minimum absolute atomic E-state index is 0.863. The molecule has 3 nitrogen and oxygen atoms in total. The van der Waals surface area contributed by atoms with E-state index in [-0.39, 0.29) is 0 Å². The molecule has 0 bridgehead atoms. The molecule has 1 aromatic heterocycles. The number of nitrogens with one attached hydrogen (secondary N) is 1. The fourth-order valence-corrected chi connectivity index (χ4v) is 2.58. The van der Waals surface area contributed by atoms with Gasteiger partial charge < -0.3 is 9.72 Å². The lowest BCUT2D eigenvalue weighted by Crippen LogP contribution is -2.35. The fraction of sp³-hybridized carbons (Fsp3) is 0.529. The van der Waals surface area contributed by atoms with Gasteiger partial charge in [-0.1, -0.05) is 32.9 Å². The molecule has 2 heterocycles. The van der Waals surface area contributed by atoms with Crippen molar-refractivity contribution in [3.63, 3.8) is 0 Å². The van der Waals surface area contributed by atoms with E-state index in [4.69, 9.17) is 4.74 Å². The van der Waals surface area contributed by atoms with Crippen LogP contribution in [0.2, 0.25) is 0 Å². The van der Waals surface area contributed by atoms with Crippen molar-refractivity contribution in [2.45, 2.75) is 33.7 Å². The first kappa shape index (κ1) is 15.1. The van der Waals surface area contributed by atoms with E-state index in [9.17, 15) is 0 Å². The van der Waals surface area contributed by atoms with Crippen molar-refractivity contribution in [1.82, 2.24) is 9.88 Å². The van der Waals surface area contributed by atoms with Crippen molar-refractivity contribution in [2.75, 3.05) is 26.3 Å². The first-order valence-electron chi connectivity index (χ1n) is 7.76. The maximum absolute atomic E-state index is 5.39. The fourth-order valence-electron chi connectivity index (χ4n) is 2.58. The Kier molecular flexibility index (Phi) is 5.62. The van der Waals surface area contributed by atoms with Crippen molar-refractivity contribution in [2.24, 2.45) is 0 Å². The molecule has 0 atom stereocenters. The van der Waals surface area contributed by atoms with Gasteiger partial charge in [-0.15, -0.1) is 0 Å². The highest BCUT2D eigenvalue weighted by atomic mass is 16.5. The summed E-state index contributed by atoms with van der Waals surface area (Å²) in [5.74, 6) is 0. The van der Waals surface area contributed by atoms with Crippen molar-refractivity contribution in [3.05, 3.63) is 35.5 Å². The van der Waals surface area contributed by atoms with Crippen molar-refractivity contribution in [1.29, 1.82) is 0 Å². The van der Waals surface area contributed by atoms with Gasteiger partial charge in [0.2, 0.25) is 0 Å². The Labute approximate surface area is 121 Å². The zero-order valence-electron chi connectivity index (χ0n) is 12.9. The van der Waals surface area contributed by atoms with Gasteiger partial charge in [-0.2, -0.15) is 0 Å². The topological polar surface area (TPSA) is 28.3 Å². The lowest BCUT2D eigenvalue weighted by atomic mass is 10.1. The number of nitrogens with zero attached hydrogens (tertiary/aromatic N) is 1. The molecule has 0 radical (unpaired) electrons.